The average Bonchev–Trinajstić information content (AvgIpc) is 2.56. The van der Waals surface area contributed by atoms with E-state index in [2.05, 4.69) is 25.9 Å². The van der Waals surface area contributed by atoms with Crippen molar-refractivity contribution in [3.8, 4) is 28.5 Å². The van der Waals surface area contributed by atoms with E-state index >= 15 is 0 Å². The highest BCUT2D eigenvalue weighted by molar-refractivity contribution is 9.10. The van der Waals surface area contributed by atoms with Crippen LogP contribution in [0.2, 0.25) is 0 Å². The number of hydrogen-bond donors (Lipinski definition) is 0. The third-order valence-corrected chi connectivity index (χ3v) is 3.72. The van der Waals surface area contributed by atoms with E-state index in [1.165, 1.54) is 0 Å². The number of hydrogen-bond acceptors (Lipinski definition) is 3. The number of nitrogens with zero attached hydrogens (tertiary/aromatic N) is 2. The van der Waals surface area contributed by atoms with E-state index in [9.17, 15) is 0 Å². The van der Waals surface area contributed by atoms with Crippen LogP contribution in [0, 0.1) is 0 Å². The van der Waals surface area contributed by atoms with E-state index < -0.39 is 0 Å². The third-order valence-electron chi connectivity index (χ3n) is 3.19. The zero-order valence-corrected chi connectivity index (χ0v) is 13.7. The summed E-state index contributed by atoms with van der Waals surface area (Å²) >= 11 is 3.45. The zero-order valence-electron chi connectivity index (χ0n) is 12.2. The van der Waals surface area contributed by atoms with Crippen molar-refractivity contribution in [2.75, 3.05) is 6.61 Å². The molecule has 22 heavy (non-hydrogen) atoms. The lowest BCUT2D eigenvalue weighted by Gasteiger charge is -2.09. The Kier molecular flexibility index (Phi) is 4.49. The fourth-order valence-electron chi connectivity index (χ4n) is 2.14. The van der Waals surface area contributed by atoms with Crippen molar-refractivity contribution in [1.82, 2.24) is 9.97 Å². The molecule has 0 saturated carbocycles. The van der Waals surface area contributed by atoms with Crippen LogP contribution >= 0.6 is 15.9 Å². The molecule has 0 aliphatic heterocycles. The van der Waals surface area contributed by atoms with Gasteiger partial charge in [0.25, 0.3) is 0 Å². The minimum Gasteiger partial charge on any atom is -0.464 e. The number of halogens is 1. The third kappa shape index (κ3) is 3.34. The van der Waals surface area contributed by atoms with Crippen LogP contribution in [0.3, 0.4) is 0 Å². The first-order chi connectivity index (χ1) is 10.8. The van der Waals surface area contributed by atoms with Gasteiger partial charge in [-0.1, -0.05) is 58.4 Å². The van der Waals surface area contributed by atoms with Crippen molar-refractivity contribution in [3.05, 3.63) is 65.1 Å². The standard InChI is InChI=1S/C18H15BrN2O/c1-2-22-18-20-16(13-6-4-3-5-7-13)12-17(21-18)14-8-10-15(19)11-9-14/h3-12H,2H2,1H3. The van der Waals surface area contributed by atoms with Gasteiger partial charge in [-0.3, -0.25) is 0 Å². The van der Waals surface area contributed by atoms with Gasteiger partial charge >= 0.3 is 6.01 Å². The molecule has 0 radical (unpaired) electrons. The quantitative estimate of drug-likeness (QED) is 0.663. The Morgan fingerprint density at radius 2 is 1.45 bits per heavy atom. The molecule has 0 bridgehead atoms. The minimum atomic E-state index is 0.404. The van der Waals surface area contributed by atoms with E-state index in [-0.39, 0.29) is 0 Å². The Morgan fingerprint density at radius 3 is 2.05 bits per heavy atom. The number of aromatic nitrogens is 2. The molecule has 3 rings (SSSR count). The van der Waals surface area contributed by atoms with Gasteiger partial charge in [-0.15, -0.1) is 0 Å². The molecule has 1 heterocycles. The first-order valence-corrected chi connectivity index (χ1v) is 7.89. The lowest BCUT2D eigenvalue weighted by Crippen LogP contribution is -2.00. The number of benzene rings is 2. The minimum absolute atomic E-state index is 0.404. The Balaban J connectivity index is 2.09. The van der Waals surface area contributed by atoms with Gasteiger partial charge in [0.05, 0.1) is 18.0 Å². The van der Waals surface area contributed by atoms with E-state index in [4.69, 9.17) is 4.74 Å². The van der Waals surface area contributed by atoms with Gasteiger partial charge in [-0.2, -0.15) is 9.97 Å². The van der Waals surface area contributed by atoms with Crippen LogP contribution < -0.4 is 4.74 Å². The van der Waals surface area contributed by atoms with Crippen molar-refractivity contribution < 1.29 is 4.74 Å². The monoisotopic (exact) mass is 354 g/mol. The van der Waals surface area contributed by atoms with Gasteiger partial charge in [0, 0.05) is 15.6 Å². The molecular weight excluding hydrogens is 340 g/mol. The number of ether oxygens (including phenoxy) is 1. The van der Waals surface area contributed by atoms with E-state index in [0.717, 1.165) is 27.0 Å². The fourth-order valence-corrected chi connectivity index (χ4v) is 2.41. The maximum absolute atomic E-state index is 5.52. The molecule has 0 fully saturated rings. The van der Waals surface area contributed by atoms with Gasteiger partial charge in [0.15, 0.2) is 0 Å². The summed E-state index contributed by atoms with van der Waals surface area (Å²) in [5.41, 5.74) is 3.79. The lowest BCUT2D eigenvalue weighted by molar-refractivity contribution is 0.313. The fraction of sp³-hybridized carbons (Fsp3) is 0.111. The molecule has 3 aromatic rings. The second-order valence-electron chi connectivity index (χ2n) is 4.73. The van der Waals surface area contributed by atoms with Gasteiger partial charge in [0.2, 0.25) is 0 Å². The van der Waals surface area contributed by atoms with Crippen molar-refractivity contribution in [1.29, 1.82) is 0 Å². The SMILES string of the molecule is CCOc1nc(-c2ccccc2)cc(-c2ccc(Br)cc2)n1. The molecule has 0 unspecified atom stereocenters. The van der Waals surface area contributed by atoms with Gasteiger partial charge in [0.1, 0.15) is 0 Å². The first kappa shape index (κ1) is 14.7. The second-order valence-corrected chi connectivity index (χ2v) is 5.64. The van der Waals surface area contributed by atoms with Crippen molar-refractivity contribution >= 4 is 15.9 Å². The normalized spacial score (nSPS) is 10.5. The molecule has 2 aromatic carbocycles. The summed E-state index contributed by atoms with van der Waals surface area (Å²) in [6.07, 6.45) is 0. The predicted octanol–water partition coefficient (Wildman–Crippen LogP) is 4.97. The summed E-state index contributed by atoms with van der Waals surface area (Å²) in [5, 5.41) is 0. The Morgan fingerprint density at radius 1 is 0.864 bits per heavy atom. The molecule has 0 amide bonds. The smallest absolute Gasteiger partial charge is 0.317 e. The molecular formula is C18H15BrN2O. The average molecular weight is 355 g/mol. The highest BCUT2D eigenvalue weighted by atomic mass is 79.9. The topological polar surface area (TPSA) is 35.0 Å². The van der Waals surface area contributed by atoms with E-state index in [1.807, 2.05) is 67.6 Å². The predicted molar refractivity (Wildman–Crippen MR) is 91.8 cm³/mol. The zero-order chi connectivity index (χ0) is 15.4. The van der Waals surface area contributed by atoms with Crippen LogP contribution in [0.4, 0.5) is 0 Å². The van der Waals surface area contributed by atoms with Crippen molar-refractivity contribution in [2.24, 2.45) is 0 Å². The van der Waals surface area contributed by atoms with Crippen LogP contribution in [0.25, 0.3) is 22.5 Å². The van der Waals surface area contributed by atoms with Gasteiger partial charge < -0.3 is 4.74 Å². The Hall–Kier alpha value is -2.20. The maximum atomic E-state index is 5.52. The molecule has 0 saturated heterocycles. The van der Waals surface area contributed by atoms with Crippen LogP contribution in [0.1, 0.15) is 6.92 Å². The Bertz CT molecular complexity index is 758. The summed E-state index contributed by atoms with van der Waals surface area (Å²) < 4.78 is 6.56. The molecule has 1 aromatic heterocycles. The van der Waals surface area contributed by atoms with Gasteiger partial charge in [-0.05, 0) is 25.1 Å². The largest absolute Gasteiger partial charge is 0.464 e. The molecule has 0 atom stereocenters. The Labute approximate surface area is 138 Å². The van der Waals surface area contributed by atoms with Crippen LogP contribution in [-0.4, -0.2) is 16.6 Å². The highest BCUT2D eigenvalue weighted by Crippen LogP contribution is 2.26. The van der Waals surface area contributed by atoms with Crippen molar-refractivity contribution in [3.63, 3.8) is 0 Å². The van der Waals surface area contributed by atoms with Gasteiger partial charge in [-0.25, -0.2) is 0 Å². The summed E-state index contributed by atoms with van der Waals surface area (Å²) in [6.45, 7) is 2.47. The molecule has 0 spiro atoms. The van der Waals surface area contributed by atoms with Crippen LogP contribution in [0.15, 0.2) is 65.1 Å². The molecule has 0 aliphatic rings. The second kappa shape index (κ2) is 6.71. The lowest BCUT2D eigenvalue weighted by atomic mass is 10.1. The van der Waals surface area contributed by atoms with Crippen LogP contribution in [-0.2, 0) is 0 Å². The molecule has 110 valence electrons. The summed E-state index contributed by atoms with van der Waals surface area (Å²) in [4.78, 5) is 8.99. The first-order valence-electron chi connectivity index (χ1n) is 7.09. The highest BCUT2D eigenvalue weighted by Gasteiger charge is 2.09. The summed E-state index contributed by atoms with van der Waals surface area (Å²) in [7, 11) is 0. The molecule has 3 nitrogen and oxygen atoms in total. The summed E-state index contributed by atoms with van der Waals surface area (Å²) in [6, 6.07) is 20.5. The molecule has 0 aliphatic carbocycles. The molecule has 0 N–H and O–H groups in total. The van der Waals surface area contributed by atoms with E-state index in [0.29, 0.717) is 12.6 Å². The number of rotatable bonds is 4. The van der Waals surface area contributed by atoms with Crippen molar-refractivity contribution in [2.45, 2.75) is 6.92 Å². The molecule has 4 heteroatoms. The van der Waals surface area contributed by atoms with E-state index in [1.54, 1.807) is 0 Å². The summed E-state index contributed by atoms with van der Waals surface area (Å²) in [5.74, 6) is 0. The van der Waals surface area contributed by atoms with Crippen LogP contribution in [0.5, 0.6) is 6.01 Å². The maximum Gasteiger partial charge on any atom is 0.317 e.